The lowest BCUT2D eigenvalue weighted by Crippen LogP contribution is -2.35. The lowest BCUT2D eigenvalue weighted by molar-refractivity contribution is 0.421. The third-order valence-corrected chi connectivity index (χ3v) is 3.63. The SMILES string of the molecule is CC(C)(C)NCc1cn(Cc2nnc3n2CCCC3)nn1. The molecule has 1 aliphatic rings. The Bertz CT molecular complexity index is 605. The Morgan fingerprint density at radius 3 is 2.86 bits per heavy atom. The molecule has 2 aromatic heterocycles. The second kappa shape index (κ2) is 5.55. The van der Waals surface area contributed by atoms with E-state index in [-0.39, 0.29) is 5.54 Å². The number of rotatable bonds is 4. The average molecular weight is 289 g/mol. The van der Waals surface area contributed by atoms with E-state index in [9.17, 15) is 0 Å². The van der Waals surface area contributed by atoms with Gasteiger partial charge in [0.1, 0.15) is 12.4 Å². The van der Waals surface area contributed by atoms with Gasteiger partial charge in [0.25, 0.3) is 0 Å². The highest BCUT2D eigenvalue weighted by Crippen LogP contribution is 2.14. The van der Waals surface area contributed by atoms with Gasteiger partial charge in [-0.2, -0.15) is 0 Å². The molecule has 0 saturated carbocycles. The van der Waals surface area contributed by atoms with Crippen LogP contribution < -0.4 is 5.32 Å². The summed E-state index contributed by atoms with van der Waals surface area (Å²) in [5.74, 6) is 2.08. The lowest BCUT2D eigenvalue weighted by atomic mass is 10.1. The first-order chi connectivity index (χ1) is 10.0. The molecule has 3 rings (SSSR count). The van der Waals surface area contributed by atoms with Gasteiger partial charge in [0.15, 0.2) is 5.82 Å². The van der Waals surface area contributed by atoms with Crippen LogP contribution in [0.3, 0.4) is 0 Å². The number of fused-ring (bicyclic) bond motifs is 1. The molecule has 0 aromatic carbocycles. The first-order valence-corrected chi connectivity index (χ1v) is 7.56. The van der Waals surface area contributed by atoms with Crippen molar-refractivity contribution in [3.8, 4) is 0 Å². The Morgan fingerprint density at radius 2 is 2.05 bits per heavy atom. The highest BCUT2D eigenvalue weighted by molar-refractivity contribution is 5.00. The van der Waals surface area contributed by atoms with E-state index in [1.54, 1.807) is 0 Å². The maximum atomic E-state index is 4.30. The monoisotopic (exact) mass is 289 g/mol. The van der Waals surface area contributed by atoms with Gasteiger partial charge in [0.2, 0.25) is 0 Å². The molecule has 21 heavy (non-hydrogen) atoms. The maximum Gasteiger partial charge on any atom is 0.154 e. The van der Waals surface area contributed by atoms with Crippen LogP contribution in [0.15, 0.2) is 6.20 Å². The summed E-state index contributed by atoms with van der Waals surface area (Å²) >= 11 is 0. The van der Waals surface area contributed by atoms with Gasteiger partial charge < -0.3 is 9.88 Å². The van der Waals surface area contributed by atoms with Crippen molar-refractivity contribution in [3.05, 3.63) is 23.5 Å². The summed E-state index contributed by atoms with van der Waals surface area (Å²) in [6.07, 6.45) is 5.43. The van der Waals surface area contributed by atoms with Gasteiger partial charge in [0.05, 0.1) is 11.9 Å². The third-order valence-electron chi connectivity index (χ3n) is 3.63. The molecule has 114 valence electrons. The van der Waals surface area contributed by atoms with Crippen molar-refractivity contribution in [2.45, 2.75) is 65.2 Å². The van der Waals surface area contributed by atoms with Crippen LogP contribution in [-0.2, 0) is 26.1 Å². The maximum absolute atomic E-state index is 4.30. The van der Waals surface area contributed by atoms with E-state index in [0.717, 1.165) is 36.9 Å². The van der Waals surface area contributed by atoms with E-state index in [2.05, 4.69) is 51.2 Å². The molecule has 0 aliphatic carbocycles. The van der Waals surface area contributed by atoms with Gasteiger partial charge in [0, 0.05) is 25.0 Å². The van der Waals surface area contributed by atoms with Crippen molar-refractivity contribution in [2.75, 3.05) is 0 Å². The van der Waals surface area contributed by atoms with Crippen LogP contribution in [-0.4, -0.2) is 35.3 Å². The topological polar surface area (TPSA) is 73.5 Å². The zero-order valence-electron chi connectivity index (χ0n) is 13.0. The third kappa shape index (κ3) is 3.47. The molecule has 0 amide bonds. The number of aryl methyl sites for hydroxylation is 1. The Labute approximate surface area is 124 Å². The van der Waals surface area contributed by atoms with E-state index in [0.29, 0.717) is 6.54 Å². The molecule has 0 unspecified atom stereocenters. The predicted molar refractivity (Wildman–Crippen MR) is 78.7 cm³/mol. The molecule has 1 N–H and O–H groups in total. The molecule has 0 atom stereocenters. The fourth-order valence-corrected chi connectivity index (χ4v) is 2.48. The quantitative estimate of drug-likeness (QED) is 0.913. The van der Waals surface area contributed by atoms with Gasteiger partial charge in [-0.1, -0.05) is 5.21 Å². The smallest absolute Gasteiger partial charge is 0.154 e. The van der Waals surface area contributed by atoms with Crippen LogP contribution in [0.5, 0.6) is 0 Å². The molecule has 7 nitrogen and oxygen atoms in total. The highest BCUT2D eigenvalue weighted by Gasteiger charge is 2.16. The summed E-state index contributed by atoms with van der Waals surface area (Å²) in [4.78, 5) is 0. The Morgan fingerprint density at radius 1 is 1.19 bits per heavy atom. The summed E-state index contributed by atoms with van der Waals surface area (Å²) in [6.45, 7) is 8.79. The van der Waals surface area contributed by atoms with Gasteiger partial charge in [-0.15, -0.1) is 15.3 Å². The molecule has 3 heterocycles. The summed E-state index contributed by atoms with van der Waals surface area (Å²) in [6, 6.07) is 0. The second-order valence-electron chi connectivity index (χ2n) is 6.65. The van der Waals surface area contributed by atoms with Crippen LogP contribution in [0.2, 0.25) is 0 Å². The van der Waals surface area contributed by atoms with Crippen LogP contribution in [0.25, 0.3) is 0 Å². The predicted octanol–water partition coefficient (Wildman–Crippen LogP) is 1.14. The minimum absolute atomic E-state index is 0.0792. The van der Waals surface area contributed by atoms with Crippen molar-refractivity contribution in [1.29, 1.82) is 0 Å². The molecular weight excluding hydrogens is 266 g/mol. The second-order valence-corrected chi connectivity index (χ2v) is 6.65. The van der Waals surface area contributed by atoms with Gasteiger partial charge in [-0.25, -0.2) is 4.68 Å². The fourth-order valence-electron chi connectivity index (χ4n) is 2.48. The summed E-state index contributed by atoms with van der Waals surface area (Å²) in [5, 5.41) is 20.4. The van der Waals surface area contributed by atoms with Crippen LogP contribution in [0.1, 0.15) is 51.0 Å². The van der Waals surface area contributed by atoms with Crippen molar-refractivity contribution >= 4 is 0 Å². The minimum Gasteiger partial charge on any atom is -0.313 e. The van der Waals surface area contributed by atoms with Crippen LogP contribution in [0, 0.1) is 0 Å². The van der Waals surface area contributed by atoms with Gasteiger partial charge >= 0.3 is 0 Å². The van der Waals surface area contributed by atoms with E-state index >= 15 is 0 Å². The summed E-state index contributed by atoms with van der Waals surface area (Å²) in [5.41, 5.74) is 1.03. The average Bonchev–Trinajstić information content (AvgIpc) is 3.04. The van der Waals surface area contributed by atoms with E-state index in [1.165, 1.54) is 12.8 Å². The molecule has 1 aliphatic heterocycles. The molecule has 0 spiro atoms. The fraction of sp³-hybridized carbons (Fsp3) is 0.714. The van der Waals surface area contributed by atoms with Gasteiger partial charge in [-0.05, 0) is 33.6 Å². The number of hydrogen-bond acceptors (Lipinski definition) is 5. The molecule has 2 aromatic rings. The highest BCUT2D eigenvalue weighted by atomic mass is 15.4. The molecule has 0 fully saturated rings. The zero-order valence-corrected chi connectivity index (χ0v) is 13.0. The standard InChI is InChI=1S/C14H23N7/c1-14(2,3)15-8-11-9-20(19-16-11)10-13-18-17-12-6-4-5-7-21(12)13/h9,15H,4-8,10H2,1-3H3. The number of aromatic nitrogens is 6. The number of hydrogen-bond donors (Lipinski definition) is 1. The van der Waals surface area contributed by atoms with Crippen molar-refractivity contribution in [1.82, 2.24) is 35.1 Å². The summed E-state index contributed by atoms with van der Waals surface area (Å²) < 4.78 is 4.06. The number of nitrogens with zero attached hydrogens (tertiary/aromatic N) is 6. The summed E-state index contributed by atoms with van der Waals surface area (Å²) in [7, 11) is 0. The first-order valence-electron chi connectivity index (χ1n) is 7.56. The van der Waals surface area contributed by atoms with Gasteiger partial charge in [-0.3, -0.25) is 0 Å². The Kier molecular flexibility index (Phi) is 3.75. The molecule has 0 bridgehead atoms. The molecule has 0 saturated heterocycles. The Balaban J connectivity index is 1.66. The van der Waals surface area contributed by atoms with Crippen molar-refractivity contribution < 1.29 is 0 Å². The van der Waals surface area contributed by atoms with Crippen LogP contribution in [0.4, 0.5) is 0 Å². The zero-order chi connectivity index (χ0) is 14.9. The van der Waals surface area contributed by atoms with E-state index < -0.39 is 0 Å². The molecule has 0 radical (unpaired) electrons. The lowest BCUT2D eigenvalue weighted by Gasteiger charge is -2.19. The van der Waals surface area contributed by atoms with E-state index in [1.807, 2.05) is 10.9 Å². The number of nitrogens with one attached hydrogen (secondary N) is 1. The largest absolute Gasteiger partial charge is 0.313 e. The van der Waals surface area contributed by atoms with E-state index in [4.69, 9.17) is 0 Å². The van der Waals surface area contributed by atoms with Crippen molar-refractivity contribution in [3.63, 3.8) is 0 Å². The first kappa shape index (κ1) is 14.2. The minimum atomic E-state index is 0.0792. The molecule has 7 heteroatoms. The normalized spacial score (nSPS) is 15.2. The Hall–Kier alpha value is -1.76. The van der Waals surface area contributed by atoms with Crippen LogP contribution >= 0.6 is 0 Å². The molecular formula is C14H23N7. The van der Waals surface area contributed by atoms with Crippen molar-refractivity contribution in [2.24, 2.45) is 0 Å².